The zero-order valence-electron chi connectivity index (χ0n) is 28.7. The van der Waals surface area contributed by atoms with Crippen LogP contribution < -0.4 is 4.90 Å². The van der Waals surface area contributed by atoms with E-state index in [1.54, 1.807) is 0 Å². The molecule has 0 bridgehead atoms. The van der Waals surface area contributed by atoms with E-state index in [-0.39, 0.29) is 0 Å². The fraction of sp³-hybridized carbons (Fsp3) is 0. The topological polar surface area (TPSA) is 29.5 Å². The van der Waals surface area contributed by atoms with Gasteiger partial charge in [0.1, 0.15) is 22.3 Å². The Morgan fingerprint density at radius 1 is 0.358 bits per heavy atom. The molecule has 11 aromatic rings. The second kappa shape index (κ2) is 11.7. The minimum absolute atomic E-state index is 0.833. The highest BCUT2D eigenvalue weighted by Gasteiger charge is 2.23. The van der Waals surface area contributed by atoms with Crippen molar-refractivity contribution < 1.29 is 8.83 Å². The van der Waals surface area contributed by atoms with Crippen LogP contribution in [0.5, 0.6) is 0 Å². The predicted molar refractivity (Wildman–Crippen MR) is 222 cm³/mol. The molecule has 0 aliphatic carbocycles. The summed E-state index contributed by atoms with van der Waals surface area (Å²) >= 11 is 0. The normalized spacial score (nSPS) is 11.8. The van der Waals surface area contributed by atoms with Crippen LogP contribution in [0.4, 0.5) is 17.1 Å². The molecule has 0 amide bonds. The zero-order chi connectivity index (χ0) is 34.9. The van der Waals surface area contributed by atoms with E-state index in [9.17, 15) is 0 Å². The maximum absolute atomic E-state index is 6.93. The van der Waals surface area contributed by atoms with E-state index in [0.29, 0.717) is 0 Å². The highest BCUT2D eigenvalue weighted by Crippen LogP contribution is 2.48. The maximum Gasteiger partial charge on any atom is 0.144 e. The number of hydrogen-bond acceptors (Lipinski definition) is 3. The van der Waals surface area contributed by atoms with Crippen molar-refractivity contribution in [3.8, 4) is 22.3 Å². The fourth-order valence-corrected chi connectivity index (χ4v) is 8.21. The van der Waals surface area contributed by atoms with Crippen LogP contribution in [0.15, 0.2) is 197 Å². The monoisotopic (exact) mass is 677 g/mol. The number of furan rings is 2. The third-order valence-electron chi connectivity index (χ3n) is 10.6. The van der Waals surface area contributed by atoms with E-state index in [4.69, 9.17) is 8.83 Å². The van der Waals surface area contributed by atoms with Gasteiger partial charge in [-0.3, -0.25) is 0 Å². The number of nitrogens with zero attached hydrogens (tertiary/aromatic N) is 1. The van der Waals surface area contributed by atoms with Gasteiger partial charge >= 0.3 is 0 Å². The Balaban J connectivity index is 1.18. The van der Waals surface area contributed by atoms with Gasteiger partial charge in [0.05, 0.1) is 5.69 Å². The van der Waals surface area contributed by atoms with Gasteiger partial charge in [-0.1, -0.05) is 140 Å². The van der Waals surface area contributed by atoms with Crippen LogP contribution in [0.1, 0.15) is 0 Å². The van der Waals surface area contributed by atoms with Crippen LogP contribution in [0.25, 0.3) is 87.7 Å². The average molecular weight is 678 g/mol. The second-order valence-corrected chi connectivity index (χ2v) is 13.7. The number of fused-ring (bicyclic) bond motifs is 8. The molecule has 0 fully saturated rings. The Kier molecular flexibility index (Phi) is 6.55. The summed E-state index contributed by atoms with van der Waals surface area (Å²) in [6, 6.07) is 66.6. The molecule has 248 valence electrons. The molecule has 0 atom stereocenters. The quantitative estimate of drug-likeness (QED) is 0.182. The summed E-state index contributed by atoms with van der Waals surface area (Å²) in [4.78, 5) is 2.36. The number of hydrogen-bond donors (Lipinski definition) is 0. The Bertz CT molecular complexity index is 3160. The fourth-order valence-electron chi connectivity index (χ4n) is 8.21. The molecule has 0 N–H and O–H groups in total. The molecule has 0 saturated carbocycles. The summed E-state index contributed by atoms with van der Waals surface area (Å²) < 4.78 is 13.5. The third kappa shape index (κ3) is 4.68. The molecule has 3 heteroatoms. The van der Waals surface area contributed by atoms with Crippen LogP contribution in [0, 0.1) is 0 Å². The molecule has 11 rings (SSSR count). The van der Waals surface area contributed by atoms with Gasteiger partial charge in [0.25, 0.3) is 0 Å². The lowest BCUT2D eigenvalue weighted by Gasteiger charge is -2.27. The van der Waals surface area contributed by atoms with Crippen molar-refractivity contribution in [2.75, 3.05) is 4.90 Å². The lowest BCUT2D eigenvalue weighted by atomic mass is 9.93. The van der Waals surface area contributed by atoms with Crippen LogP contribution in [-0.2, 0) is 0 Å². The Morgan fingerprint density at radius 3 is 1.81 bits per heavy atom. The minimum atomic E-state index is 0.833. The van der Waals surface area contributed by atoms with Gasteiger partial charge in [-0.25, -0.2) is 0 Å². The van der Waals surface area contributed by atoms with Gasteiger partial charge in [0, 0.05) is 43.9 Å². The first-order valence-corrected chi connectivity index (χ1v) is 18.0. The first-order valence-electron chi connectivity index (χ1n) is 18.0. The van der Waals surface area contributed by atoms with Crippen molar-refractivity contribution in [1.29, 1.82) is 0 Å². The van der Waals surface area contributed by atoms with Crippen LogP contribution in [0.3, 0.4) is 0 Å². The Morgan fingerprint density at radius 2 is 0.981 bits per heavy atom. The largest absolute Gasteiger partial charge is 0.456 e. The molecule has 3 nitrogen and oxygen atoms in total. The predicted octanol–water partition coefficient (Wildman–Crippen LogP) is 14.6. The van der Waals surface area contributed by atoms with Crippen molar-refractivity contribution >= 4 is 82.5 Å². The lowest BCUT2D eigenvalue weighted by Crippen LogP contribution is -2.10. The van der Waals surface area contributed by atoms with E-state index >= 15 is 0 Å². The van der Waals surface area contributed by atoms with Gasteiger partial charge in [-0.05, 0) is 81.4 Å². The summed E-state index contributed by atoms with van der Waals surface area (Å²) in [5.74, 6) is 0. The first kappa shape index (κ1) is 29.6. The molecule has 0 radical (unpaired) electrons. The van der Waals surface area contributed by atoms with Gasteiger partial charge < -0.3 is 13.7 Å². The van der Waals surface area contributed by atoms with E-state index in [0.717, 1.165) is 72.1 Å². The second-order valence-electron chi connectivity index (χ2n) is 13.7. The number of benzene rings is 9. The van der Waals surface area contributed by atoms with Crippen molar-refractivity contribution in [2.24, 2.45) is 0 Å². The van der Waals surface area contributed by atoms with Crippen molar-refractivity contribution in [1.82, 2.24) is 0 Å². The van der Waals surface area contributed by atoms with Gasteiger partial charge in [-0.2, -0.15) is 0 Å². The first-order chi connectivity index (χ1) is 26.3. The zero-order valence-corrected chi connectivity index (χ0v) is 28.7. The molecule has 2 aromatic heterocycles. The van der Waals surface area contributed by atoms with E-state index < -0.39 is 0 Å². The van der Waals surface area contributed by atoms with E-state index in [2.05, 4.69) is 181 Å². The van der Waals surface area contributed by atoms with E-state index in [1.807, 2.05) is 12.1 Å². The summed E-state index contributed by atoms with van der Waals surface area (Å²) in [7, 11) is 0. The Labute approximate surface area is 305 Å². The molecule has 0 saturated heterocycles. The molecule has 0 aliphatic rings. The minimum Gasteiger partial charge on any atom is -0.456 e. The lowest BCUT2D eigenvalue weighted by molar-refractivity contribution is 0.664. The summed E-state index contributed by atoms with van der Waals surface area (Å²) in [6.45, 7) is 0. The van der Waals surface area contributed by atoms with Gasteiger partial charge in [0.2, 0.25) is 0 Å². The standard InChI is InChI=1S/C50H31NO2/c1-2-12-32(13-3-1)33-24-26-36(27-25-33)51(44-22-11-17-35-15-5-7-19-39(35)44)37-28-29-46-42(30-37)43-31-47-48(41-20-8-9-23-45(41)52-47)49(50(43)53-46)40-21-10-16-34-14-4-6-18-38(34)40/h1-31H. The maximum atomic E-state index is 6.93. The van der Waals surface area contributed by atoms with Gasteiger partial charge in [-0.15, -0.1) is 0 Å². The SMILES string of the molecule is c1ccc(-c2ccc(N(c3ccc4oc5c(-c6cccc7ccccc67)c6c(cc5c4c3)oc3ccccc36)c3cccc4ccccc34)cc2)cc1. The van der Waals surface area contributed by atoms with Crippen molar-refractivity contribution in [2.45, 2.75) is 0 Å². The highest BCUT2D eigenvalue weighted by atomic mass is 16.3. The van der Waals surface area contributed by atoms with Crippen LogP contribution >= 0.6 is 0 Å². The number of anilines is 3. The molecule has 0 spiro atoms. The molecule has 53 heavy (non-hydrogen) atoms. The average Bonchev–Trinajstić information content (AvgIpc) is 3.78. The molecule has 0 unspecified atom stereocenters. The van der Waals surface area contributed by atoms with Gasteiger partial charge in [0.15, 0.2) is 0 Å². The molecule has 9 aromatic carbocycles. The Hall–Kier alpha value is -7.10. The third-order valence-corrected chi connectivity index (χ3v) is 10.6. The molecular weight excluding hydrogens is 647 g/mol. The molecule has 2 heterocycles. The highest BCUT2D eigenvalue weighted by molar-refractivity contribution is 6.25. The smallest absolute Gasteiger partial charge is 0.144 e. The summed E-state index contributed by atoms with van der Waals surface area (Å²) in [6.07, 6.45) is 0. The van der Waals surface area contributed by atoms with E-state index in [1.165, 1.54) is 32.7 Å². The van der Waals surface area contributed by atoms with Crippen molar-refractivity contribution in [3.63, 3.8) is 0 Å². The molecular formula is C50H31NO2. The van der Waals surface area contributed by atoms with Crippen LogP contribution in [0.2, 0.25) is 0 Å². The number of para-hydroxylation sites is 1. The summed E-state index contributed by atoms with van der Waals surface area (Å²) in [5, 5.41) is 8.94. The molecule has 0 aliphatic heterocycles. The summed E-state index contributed by atoms with van der Waals surface area (Å²) in [5.41, 5.74) is 11.2. The van der Waals surface area contributed by atoms with Crippen LogP contribution in [-0.4, -0.2) is 0 Å². The number of rotatable bonds is 5. The van der Waals surface area contributed by atoms with Crippen molar-refractivity contribution in [3.05, 3.63) is 188 Å².